The molecule has 0 saturated carbocycles. The SMILES string of the molecule is Cc1cccc(C)c1C(=O)OCC(=O)[C@H](CC(=O)O)NC(=O)C1(Cc2ccccc2)CC([C@@H](NC(=O)c2cccc3ccccc23)C(C)C)=NO1. The number of amides is 2. The number of ketones is 1. The number of fused-ring (bicyclic) bond motifs is 1. The Hall–Kier alpha value is -5.84. The van der Waals surface area contributed by atoms with Crippen molar-refractivity contribution < 1.29 is 38.7 Å². The van der Waals surface area contributed by atoms with E-state index in [0.29, 0.717) is 28.0 Å². The van der Waals surface area contributed by atoms with Crippen LogP contribution < -0.4 is 10.6 Å². The highest BCUT2D eigenvalue weighted by molar-refractivity contribution is 6.09. The third-order valence-corrected chi connectivity index (χ3v) is 9.00. The Morgan fingerprint density at radius 3 is 2.20 bits per heavy atom. The maximum absolute atomic E-state index is 14.2. The molecule has 264 valence electrons. The Labute approximate surface area is 296 Å². The van der Waals surface area contributed by atoms with E-state index in [4.69, 9.17) is 9.57 Å². The molecular formula is C40H41N3O8. The Morgan fingerprint density at radius 2 is 1.51 bits per heavy atom. The second-order valence-electron chi connectivity index (χ2n) is 13.2. The molecule has 1 heterocycles. The van der Waals surface area contributed by atoms with Gasteiger partial charge >= 0.3 is 11.9 Å². The van der Waals surface area contributed by atoms with Crippen molar-refractivity contribution in [3.63, 3.8) is 0 Å². The number of esters is 1. The largest absolute Gasteiger partial charge is 0.481 e. The van der Waals surface area contributed by atoms with Crippen LogP contribution in [0.15, 0.2) is 96.2 Å². The highest BCUT2D eigenvalue weighted by Crippen LogP contribution is 2.32. The number of carbonyl (C=O) groups excluding carboxylic acids is 4. The Balaban J connectivity index is 1.36. The summed E-state index contributed by atoms with van der Waals surface area (Å²) in [6, 6.07) is 25.2. The summed E-state index contributed by atoms with van der Waals surface area (Å²) in [5.41, 5.74) is 1.57. The van der Waals surface area contributed by atoms with Gasteiger partial charge in [0.25, 0.3) is 11.8 Å². The van der Waals surface area contributed by atoms with E-state index in [9.17, 15) is 29.1 Å². The predicted molar refractivity (Wildman–Crippen MR) is 191 cm³/mol. The van der Waals surface area contributed by atoms with Gasteiger partial charge in [-0.05, 0) is 53.3 Å². The molecule has 1 unspecified atom stereocenters. The van der Waals surface area contributed by atoms with Gasteiger partial charge in [0.05, 0.1) is 23.7 Å². The van der Waals surface area contributed by atoms with Crippen LogP contribution in [0.3, 0.4) is 0 Å². The number of aliphatic carboxylic acids is 1. The average molecular weight is 692 g/mol. The maximum atomic E-state index is 14.2. The molecule has 4 aromatic carbocycles. The number of nitrogens with one attached hydrogen (secondary N) is 2. The van der Waals surface area contributed by atoms with Crippen LogP contribution >= 0.6 is 0 Å². The zero-order valence-corrected chi connectivity index (χ0v) is 29.0. The number of oxime groups is 1. The van der Waals surface area contributed by atoms with Crippen molar-refractivity contribution in [2.24, 2.45) is 11.1 Å². The first-order valence-electron chi connectivity index (χ1n) is 16.7. The molecule has 51 heavy (non-hydrogen) atoms. The standard InChI is InChI=1S/C40H41N3O8/c1-24(2)36(42-37(47)30-19-11-17-28-16-8-9-18-29(28)30)32-22-40(51-43-32,21-27-14-6-5-7-15-27)39(49)41-31(20-34(45)46)33(44)23-50-38(48)35-25(3)12-10-13-26(35)4/h5-19,24,31,36H,20-23H2,1-4H3,(H,41,49)(H,42,47)(H,45,46)/t31-,36-,40?/m0/s1. The van der Waals surface area contributed by atoms with E-state index in [1.54, 1.807) is 50.2 Å². The van der Waals surface area contributed by atoms with Gasteiger partial charge < -0.3 is 25.3 Å². The predicted octanol–water partition coefficient (Wildman–Crippen LogP) is 5.35. The summed E-state index contributed by atoms with van der Waals surface area (Å²) in [5.74, 6) is -4.12. The summed E-state index contributed by atoms with van der Waals surface area (Å²) >= 11 is 0. The lowest BCUT2D eigenvalue weighted by atomic mass is 9.84. The molecule has 11 nitrogen and oxygen atoms in total. The number of benzene rings is 4. The zero-order valence-electron chi connectivity index (χ0n) is 29.0. The number of hydrogen-bond acceptors (Lipinski definition) is 8. The van der Waals surface area contributed by atoms with E-state index in [2.05, 4.69) is 15.8 Å². The van der Waals surface area contributed by atoms with Crippen molar-refractivity contribution in [2.75, 3.05) is 6.61 Å². The van der Waals surface area contributed by atoms with Crippen LogP contribution in [0.25, 0.3) is 10.8 Å². The summed E-state index contributed by atoms with van der Waals surface area (Å²) in [5, 5.41) is 21.3. The van der Waals surface area contributed by atoms with Crippen molar-refractivity contribution in [3.8, 4) is 0 Å². The molecule has 0 aliphatic carbocycles. The van der Waals surface area contributed by atoms with Gasteiger partial charge in [0.2, 0.25) is 5.60 Å². The second-order valence-corrected chi connectivity index (χ2v) is 13.2. The van der Waals surface area contributed by atoms with E-state index in [0.717, 1.165) is 16.3 Å². The number of Topliss-reactive ketones (excluding diaryl/α,β-unsaturated/α-hetero) is 1. The first-order valence-corrected chi connectivity index (χ1v) is 16.7. The van der Waals surface area contributed by atoms with Gasteiger partial charge in [0.15, 0.2) is 12.4 Å². The van der Waals surface area contributed by atoms with Gasteiger partial charge in [-0.25, -0.2) is 4.79 Å². The van der Waals surface area contributed by atoms with E-state index in [1.807, 2.05) is 68.4 Å². The van der Waals surface area contributed by atoms with E-state index >= 15 is 0 Å². The Bertz CT molecular complexity index is 1960. The lowest BCUT2D eigenvalue weighted by molar-refractivity contribution is -0.148. The number of carboxylic acid groups (broad SMARTS) is 1. The number of carboxylic acids is 1. The van der Waals surface area contributed by atoms with Crippen molar-refractivity contribution >= 4 is 46.0 Å². The normalized spacial score (nSPS) is 16.5. The van der Waals surface area contributed by atoms with Crippen LogP contribution in [0.1, 0.15) is 64.1 Å². The van der Waals surface area contributed by atoms with Crippen LogP contribution in [0.5, 0.6) is 0 Å². The first kappa shape index (κ1) is 36.4. The summed E-state index contributed by atoms with van der Waals surface area (Å²) in [6.07, 6.45) is -0.775. The van der Waals surface area contributed by atoms with Gasteiger partial charge in [0, 0.05) is 18.4 Å². The van der Waals surface area contributed by atoms with Gasteiger partial charge in [-0.3, -0.25) is 19.2 Å². The number of aryl methyl sites for hydroxylation is 2. The van der Waals surface area contributed by atoms with Crippen LogP contribution in [-0.2, 0) is 30.4 Å². The molecule has 5 rings (SSSR count). The molecule has 2 amide bonds. The lowest BCUT2D eigenvalue weighted by Crippen LogP contribution is -2.55. The van der Waals surface area contributed by atoms with Crippen LogP contribution in [0, 0.1) is 19.8 Å². The van der Waals surface area contributed by atoms with Gasteiger partial charge in [-0.15, -0.1) is 0 Å². The number of carbonyl (C=O) groups is 5. The molecule has 0 bridgehead atoms. The molecule has 0 fully saturated rings. The van der Waals surface area contributed by atoms with Crippen LogP contribution in [0.2, 0.25) is 0 Å². The van der Waals surface area contributed by atoms with Crippen molar-refractivity contribution in [1.29, 1.82) is 0 Å². The zero-order chi connectivity index (χ0) is 36.7. The maximum Gasteiger partial charge on any atom is 0.339 e. The molecule has 3 atom stereocenters. The Morgan fingerprint density at radius 1 is 0.863 bits per heavy atom. The quantitative estimate of drug-likeness (QED) is 0.149. The molecule has 11 heteroatoms. The Kier molecular flexibility index (Phi) is 11.3. The van der Waals surface area contributed by atoms with Crippen molar-refractivity contribution in [2.45, 2.75) is 64.6 Å². The van der Waals surface area contributed by atoms with E-state index in [1.165, 1.54) is 0 Å². The van der Waals surface area contributed by atoms with Crippen LogP contribution in [-0.4, -0.2) is 64.6 Å². The minimum Gasteiger partial charge on any atom is -0.481 e. The minimum atomic E-state index is -1.68. The molecule has 0 radical (unpaired) electrons. The smallest absolute Gasteiger partial charge is 0.339 e. The summed E-state index contributed by atoms with van der Waals surface area (Å²) in [7, 11) is 0. The number of ether oxygens (including phenoxy) is 1. The molecule has 1 aliphatic rings. The average Bonchev–Trinajstić information content (AvgIpc) is 3.53. The molecule has 3 N–H and O–H groups in total. The monoisotopic (exact) mass is 691 g/mol. The molecular weight excluding hydrogens is 650 g/mol. The molecule has 0 aromatic heterocycles. The molecule has 1 aliphatic heterocycles. The molecule has 4 aromatic rings. The lowest BCUT2D eigenvalue weighted by Gasteiger charge is -2.29. The number of hydrogen-bond donors (Lipinski definition) is 3. The van der Waals surface area contributed by atoms with Gasteiger partial charge in [-0.1, -0.05) is 104 Å². The number of nitrogens with zero attached hydrogens (tertiary/aromatic N) is 1. The fourth-order valence-electron chi connectivity index (χ4n) is 6.33. The highest BCUT2D eigenvalue weighted by atomic mass is 16.7. The molecule has 0 spiro atoms. The summed E-state index contributed by atoms with van der Waals surface area (Å²) in [6.45, 7) is 6.54. The fourth-order valence-corrected chi connectivity index (χ4v) is 6.33. The van der Waals surface area contributed by atoms with E-state index in [-0.39, 0.29) is 24.7 Å². The first-order chi connectivity index (χ1) is 24.4. The minimum absolute atomic E-state index is 0.0320. The van der Waals surface area contributed by atoms with E-state index < -0.39 is 54.3 Å². The van der Waals surface area contributed by atoms with Gasteiger partial charge in [0.1, 0.15) is 6.04 Å². The number of rotatable bonds is 14. The third kappa shape index (κ3) is 8.49. The van der Waals surface area contributed by atoms with Crippen LogP contribution in [0.4, 0.5) is 0 Å². The van der Waals surface area contributed by atoms with Gasteiger partial charge in [-0.2, -0.15) is 0 Å². The fraction of sp³-hybridized carbons (Fsp3) is 0.300. The molecule has 0 saturated heterocycles. The third-order valence-electron chi connectivity index (χ3n) is 9.00. The highest BCUT2D eigenvalue weighted by Gasteiger charge is 2.49. The summed E-state index contributed by atoms with van der Waals surface area (Å²) < 4.78 is 5.29. The van der Waals surface area contributed by atoms with Crippen molar-refractivity contribution in [1.82, 2.24) is 10.6 Å². The van der Waals surface area contributed by atoms with Crippen molar-refractivity contribution in [3.05, 3.63) is 119 Å². The topological polar surface area (TPSA) is 160 Å². The summed E-state index contributed by atoms with van der Waals surface area (Å²) in [4.78, 5) is 71.9. The second kappa shape index (κ2) is 15.8.